The number of amides is 1. The molecule has 6 rings (SSSR count). The van der Waals surface area contributed by atoms with Gasteiger partial charge in [0.2, 0.25) is 5.91 Å². The van der Waals surface area contributed by atoms with E-state index >= 15 is 0 Å². The Hall–Kier alpha value is -5.12. The minimum atomic E-state index is -5.03. The molecule has 0 bridgehead atoms. The average Bonchev–Trinajstić information content (AvgIpc) is 3.68. The molecule has 0 spiro atoms. The fraction of sp³-hybridized carbons (Fsp3) is 0.312. The molecule has 5 aromatic rings. The molecular weight excluding hydrogens is 649 g/mol. The van der Waals surface area contributed by atoms with E-state index < -0.39 is 27.7 Å². The molecule has 16 heteroatoms. The number of rotatable bonds is 9. The molecule has 12 nitrogen and oxygen atoms in total. The second-order valence-corrected chi connectivity index (χ2v) is 13.3. The van der Waals surface area contributed by atoms with E-state index in [1.807, 2.05) is 20.5 Å². The van der Waals surface area contributed by atoms with E-state index in [2.05, 4.69) is 10.1 Å². The predicted molar refractivity (Wildman–Crippen MR) is 174 cm³/mol. The Labute approximate surface area is 274 Å². The van der Waals surface area contributed by atoms with Crippen LogP contribution in [0.5, 0.6) is 5.75 Å². The van der Waals surface area contributed by atoms with Crippen LogP contribution in [0.3, 0.4) is 0 Å². The fourth-order valence-corrected chi connectivity index (χ4v) is 6.48. The summed E-state index contributed by atoms with van der Waals surface area (Å²) in [6.45, 7) is 4.54. The molecule has 1 unspecified atom stereocenters. The van der Waals surface area contributed by atoms with Crippen LogP contribution in [0, 0.1) is 5.82 Å². The summed E-state index contributed by atoms with van der Waals surface area (Å²) in [5.41, 5.74) is 9.76. The number of aromatic nitrogens is 5. The molecule has 0 saturated carbocycles. The first-order valence-corrected chi connectivity index (χ1v) is 16.6. The first-order valence-electron chi connectivity index (χ1n) is 15.1. The Balaban J connectivity index is 1.38. The smallest absolute Gasteiger partial charge is 0.355 e. The predicted octanol–water partition coefficient (Wildman–Crippen LogP) is 5.51. The Bertz CT molecular complexity index is 2090. The Morgan fingerprint density at radius 3 is 2.46 bits per heavy atom. The number of benzene rings is 2. The molecule has 1 aliphatic heterocycles. The normalized spacial score (nSPS) is 14.9. The molecule has 1 atom stereocenters. The van der Waals surface area contributed by atoms with Gasteiger partial charge >= 0.3 is 5.76 Å². The molecule has 3 N–H and O–H groups in total. The van der Waals surface area contributed by atoms with Crippen LogP contribution in [0.2, 0.25) is 0 Å². The van der Waals surface area contributed by atoms with E-state index in [4.69, 9.17) is 15.6 Å². The molecule has 1 saturated heterocycles. The molecule has 252 valence electrons. The first-order chi connectivity index (χ1) is 22.8. The molecular formula is C32H33F3N8O4S. The number of carbonyl (C=O) groups excluding carboxylic acids is 1. The van der Waals surface area contributed by atoms with Crippen molar-refractivity contribution >= 4 is 38.3 Å². The zero-order valence-corrected chi connectivity index (χ0v) is 27.1. The number of ether oxygens (including phenoxy) is 1. The first kappa shape index (κ1) is 32.8. The van der Waals surface area contributed by atoms with Crippen molar-refractivity contribution in [1.82, 2.24) is 29.4 Å². The maximum absolute atomic E-state index is 13.5. The number of aryl methyl sites for hydroxylation is 1. The van der Waals surface area contributed by atoms with Gasteiger partial charge < -0.3 is 15.4 Å². The largest absolute Gasteiger partial charge is 0.484 e. The SMILES string of the molecule is CC(=O)N1CCC(n2cc(-c3cnc(N)c4c(-c5ccc(NS(=O)(=O)C(F)F)c(OC(C)c6ccc(F)cc6)c5)nn(C)c34)cn2)CC1. The zero-order valence-electron chi connectivity index (χ0n) is 26.3. The number of hydrogen-bond acceptors (Lipinski definition) is 8. The number of nitrogen functional groups attached to an aromatic ring is 1. The standard InChI is InChI=1S/C32H33F3N8O4S/c1-18(20-4-7-23(33)8-5-20)47-27-14-21(6-9-26(27)40-48(45,46)32(34)35)29-28-30(41(3)39-29)25(16-37-31(28)36)22-15-38-43(17-22)24-10-12-42(13-11-24)19(2)44/h4-9,14-18,24,32,40H,10-13H2,1-3H3,(H2,36,37). The number of nitrogens with two attached hydrogens (primary N) is 1. The molecule has 4 heterocycles. The van der Waals surface area contributed by atoms with Gasteiger partial charge in [-0.05, 0) is 49.6 Å². The number of sulfonamides is 1. The van der Waals surface area contributed by atoms with Crippen molar-refractivity contribution in [2.24, 2.45) is 7.05 Å². The third kappa shape index (κ3) is 6.39. The summed E-state index contributed by atoms with van der Waals surface area (Å²) < 4.78 is 75.9. The number of piperidine rings is 1. The van der Waals surface area contributed by atoms with E-state index in [0.29, 0.717) is 40.8 Å². The number of halogens is 3. The van der Waals surface area contributed by atoms with Gasteiger partial charge in [-0.1, -0.05) is 18.2 Å². The van der Waals surface area contributed by atoms with E-state index in [1.54, 1.807) is 38.0 Å². The zero-order chi connectivity index (χ0) is 34.3. The Morgan fingerprint density at radius 1 is 1.08 bits per heavy atom. The summed E-state index contributed by atoms with van der Waals surface area (Å²) in [6, 6.07) is 9.93. The third-order valence-electron chi connectivity index (χ3n) is 8.47. The highest BCUT2D eigenvalue weighted by Gasteiger charge is 2.27. The monoisotopic (exact) mass is 682 g/mol. The van der Waals surface area contributed by atoms with Gasteiger partial charge in [-0.25, -0.2) is 17.8 Å². The lowest BCUT2D eigenvalue weighted by Crippen LogP contribution is -2.37. The second kappa shape index (κ2) is 12.8. The van der Waals surface area contributed by atoms with Crippen molar-refractivity contribution in [3.8, 4) is 28.1 Å². The molecule has 1 aliphatic rings. The Morgan fingerprint density at radius 2 is 1.79 bits per heavy atom. The van der Waals surface area contributed by atoms with Crippen LogP contribution in [0.25, 0.3) is 33.3 Å². The Kier molecular flexibility index (Phi) is 8.76. The van der Waals surface area contributed by atoms with Gasteiger partial charge in [0.15, 0.2) is 0 Å². The van der Waals surface area contributed by atoms with Crippen LogP contribution >= 0.6 is 0 Å². The van der Waals surface area contributed by atoms with Crippen molar-refractivity contribution in [3.05, 3.63) is 72.4 Å². The van der Waals surface area contributed by atoms with Crippen LogP contribution in [0.4, 0.5) is 24.7 Å². The number of nitrogens with one attached hydrogen (secondary N) is 1. The summed E-state index contributed by atoms with van der Waals surface area (Å²) in [7, 11) is -3.29. The number of likely N-dealkylation sites (tertiary alicyclic amines) is 1. The molecule has 1 amide bonds. The van der Waals surface area contributed by atoms with Crippen LogP contribution < -0.4 is 15.2 Å². The molecule has 1 fully saturated rings. The fourth-order valence-electron chi connectivity index (χ4n) is 5.91. The van der Waals surface area contributed by atoms with Crippen LogP contribution in [-0.2, 0) is 21.9 Å². The summed E-state index contributed by atoms with van der Waals surface area (Å²) in [5, 5.41) is 9.84. The summed E-state index contributed by atoms with van der Waals surface area (Å²) in [4.78, 5) is 18.0. The second-order valence-electron chi connectivity index (χ2n) is 11.6. The summed E-state index contributed by atoms with van der Waals surface area (Å²) >= 11 is 0. The number of pyridine rings is 1. The number of carbonyl (C=O) groups is 1. The summed E-state index contributed by atoms with van der Waals surface area (Å²) in [5.74, 6) is -3.95. The van der Waals surface area contributed by atoms with Crippen LogP contribution in [0.1, 0.15) is 44.4 Å². The van der Waals surface area contributed by atoms with Crippen molar-refractivity contribution in [2.45, 2.75) is 44.6 Å². The highest BCUT2D eigenvalue weighted by molar-refractivity contribution is 7.93. The molecule has 48 heavy (non-hydrogen) atoms. The third-order valence-corrected chi connectivity index (χ3v) is 9.45. The molecule has 0 radical (unpaired) electrons. The highest BCUT2D eigenvalue weighted by atomic mass is 32.2. The van der Waals surface area contributed by atoms with Crippen LogP contribution in [0.15, 0.2) is 61.1 Å². The van der Waals surface area contributed by atoms with E-state index in [-0.39, 0.29) is 29.2 Å². The van der Waals surface area contributed by atoms with Gasteiger partial charge in [-0.3, -0.25) is 18.9 Å². The maximum atomic E-state index is 13.5. The van der Waals surface area contributed by atoms with Crippen molar-refractivity contribution in [3.63, 3.8) is 0 Å². The molecule has 0 aliphatic carbocycles. The van der Waals surface area contributed by atoms with E-state index in [1.165, 1.54) is 42.5 Å². The van der Waals surface area contributed by atoms with Gasteiger partial charge in [-0.15, -0.1) is 0 Å². The highest BCUT2D eigenvalue weighted by Crippen LogP contribution is 2.40. The van der Waals surface area contributed by atoms with Crippen molar-refractivity contribution in [1.29, 1.82) is 0 Å². The molecule has 2 aromatic carbocycles. The van der Waals surface area contributed by atoms with Gasteiger partial charge in [0.05, 0.1) is 28.8 Å². The van der Waals surface area contributed by atoms with Crippen molar-refractivity contribution in [2.75, 3.05) is 23.5 Å². The minimum Gasteiger partial charge on any atom is -0.484 e. The van der Waals surface area contributed by atoms with Crippen molar-refractivity contribution < 1.29 is 31.1 Å². The number of anilines is 2. The quantitative estimate of drug-likeness (QED) is 0.207. The number of alkyl halides is 2. The van der Waals surface area contributed by atoms with E-state index in [9.17, 15) is 26.4 Å². The number of fused-ring (bicyclic) bond motifs is 1. The maximum Gasteiger partial charge on any atom is 0.355 e. The van der Waals surface area contributed by atoms with Gasteiger partial charge in [0.25, 0.3) is 10.0 Å². The van der Waals surface area contributed by atoms with Gasteiger partial charge in [0.1, 0.15) is 29.2 Å². The van der Waals surface area contributed by atoms with Gasteiger partial charge in [-0.2, -0.15) is 19.0 Å². The lowest BCUT2D eigenvalue weighted by molar-refractivity contribution is -0.130. The topological polar surface area (TPSA) is 150 Å². The van der Waals surface area contributed by atoms with Crippen LogP contribution in [-0.4, -0.2) is 62.6 Å². The number of nitrogens with zero attached hydrogens (tertiary/aromatic N) is 6. The lowest BCUT2D eigenvalue weighted by Gasteiger charge is -2.31. The number of hydrogen-bond donors (Lipinski definition) is 2. The average molecular weight is 683 g/mol. The summed E-state index contributed by atoms with van der Waals surface area (Å²) in [6.07, 6.45) is 6.15. The molecule has 3 aromatic heterocycles. The lowest BCUT2D eigenvalue weighted by atomic mass is 10.0. The van der Waals surface area contributed by atoms with E-state index in [0.717, 1.165) is 24.0 Å². The van der Waals surface area contributed by atoms with Gasteiger partial charge in [0, 0.05) is 56.1 Å². The minimum absolute atomic E-state index is 0.0575.